The maximum absolute atomic E-state index is 12.5. The molecule has 1 saturated heterocycles. The smallest absolute Gasteiger partial charge is 0.231 e. The van der Waals surface area contributed by atoms with Crippen molar-refractivity contribution < 1.29 is 9.32 Å². The molecule has 2 aromatic heterocycles. The molecule has 4 aromatic rings. The van der Waals surface area contributed by atoms with Crippen LogP contribution in [0.3, 0.4) is 0 Å². The Labute approximate surface area is 205 Å². The van der Waals surface area contributed by atoms with Crippen molar-refractivity contribution in [3.05, 3.63) is 66.1 Å². The third-order valence-corrected chi connectivity index (χ3v) is 7.48. The Morgan fingerprint density at radius 2 is 1.80 bits per heavy atom. The molecule has 7 nitrogen and oxygen atoms in total. The summed E-state index contributed by atoms with van der Waals surface area (Å²) in [6.45, 7) is 8.52. The van der Waals surface area contributed by atoms with E-state index >= 15 is 0 Å². The summed E-state index contributed by atoms with van der Waals surface area (Å²) in [5.74, 6) is 0.242. The summed E-state index contributed by atoms with van der Waals surface area (Å²) >= 11 is 0. The Hall–Kier alpha value is -3.61. The molecule has 0 atom stereocenters. The molecule has 1 saturated carbocycles. The lowest BCUT2D eigenvalue weighted by molar-refractivity contribution is -0.115. The lowest BCUT2D eigenvalue weighted by atomic mass is 9.63. The molecule has 1 N–H and O–H groups in total. The van der Waals surface area contributed by atoms with Gasteiger partial charge in [0.15, 0.2) is 0 Å². The number of fused-ring (bicyclic) bond motifs is 1. The molecule has 180 valence electrons. The number of carbonyl (C=O) groups is 1. The van der Waals surface area contributed by atoms with E-state index in [4.69, 9.17) is 4.52 Å². The zero-order chi connectivity index (χ0) is 24.2. The van der Waals surface area contributed by atoms with Crippen LogP contribution in [-0.2, 0) is 16.6 Å². The Morgan fingerprint density at radius 1 is 1.06 bits per heavy atom. The number of hydrogen-bond donors (Lipinski definition) is 1. The molecule has 1 aliphatic carbocycles. The van der Waals surface area contributed by atoms with Crippen molar-refractivity contribution in [1.29, 1.82) is 0 Å². The van der Waals surface area contributed by atoms with Gasteiger partial charge in [-0.3, -0.25) is 14.7 Å². The maximum Gasteiger partial charge on any atom is 0.231 e. The average Bonchev–Trinajstić information content (AvgIpc) is 3.39. The van der Waals surface area contributed by atoms with Crippen molar-refractivity contribution in [2.24, 2.45) is 5.41 Å². The second kappa shape index (κ2) is 7.97. The van der Waals surface area contributed by atoms with Crippen molar-refractivity contribution in [3.63, 3.8) is 0 Å². The van der Waals surface area contributed by atoms with Crippen molar-refractivity contribution in [1.82, 2.24) is 14.7 Å². The fourth-order valence-corrected chi connectivity index (χ4v) is 5.17. The van der Waals surface area contributed by atoms with E-state index in [0.29, 0.717) is 11.3 Å². The predicted octanol–water partition coefficient (Wildman–Crippen LogP) is 5.48. The number of carbonyl (C=O) groups excluding carboxylic acids is 1. The first kappa shape index (κ1) is 21.9. The summed E-state index contributed by atoms with van der Waals surface area (Å²) in [5, 5.41) is 6.85. The minimum Gasteiger partial charge on any atom is -0.370 e. The molecular formula is C28H31N5O2. The summed E-state index contributed by atoms with van der Waals surface area (Å²) in [6, 6.07) is 16.4. The highest BCUT2D eigenvalue weighted by molar-refractivity contribution is 5.91. The van der Waals surface area contributed by atoms with Crippen molar-refractivity contribution in [2.75, 3.05) is 23.3 Å². The zero-order valence-corrected chi connectivity index (χ0v) is 20.5. The normalized spacial score (nSPS) is 16.8. The minimum absolute atomic E-state index is 0.130. The molecule has 0 unspecified atom stereocenters. The molecular weight excluding hydrogens is 438 g/mol. The Morgan fingerprint density at radius 3 is 2.46 bits per heavy atom. The van der Waals surface area contributed by atoms with Crippen LogP contribution in [0.25, 0.3) is 16.7 Å². The van der Waals surface area contributed by atoms with Crippen LogP contribution in [0.2, 0.25) is 0 Å². The van der Waals surface area contributed by atoms with Gasteiger partial charge >= 0.3 is 0 Å². The summed E-state index contributed by atoms with van der Waals surface area (Å²) < 4.78 is 7.36. The largest absolute Gasteiger partial charge is 0.370 e. The third-order valence-electron chi connectivity index (χ3n) is 7.48. The van der Waals surface area contributed by atoms with Crippen molar-refractivity contribution in [2.45, 2.75) is 51.9 Å². The van der Waals surface area contributed by atoms with Crippen molar-refractivity contribution >= 4 is 28.5 Å². The van der Waals surface area contributed by atoms with Gasteiger partial charge in [0.05, 0.1) is 23.1 Å². The highest BCUT2D eigenvalue weighted by Gasteiger charge is 2.47. The van der Waals surface area contributed by atoms with Gasteiger partial charge in [-0.15, -0.1) is 0 Å². The molecule has 2 aliphatic rings. The van der Waals surface area contributed by atoms with Gasteiger partial charge < -0.3 is 9.42 Å². The van der Waals surface area contributed by atoms with Crippen LogP contribution in [0.15, 0.2) is 59.4 Å². The van der Waals surface area contributed by atoms with E-state index < -0.39 is 0 Å². The number of imidazole rings is 1. The van der Waals surface area contributed by atoms with E-state index in [1.807, 2.05) is 30.6 Å². The van der Waals surface area contributed by atoms with Crippen LogP contribution in [0.1, 0.15) is 51.3 Å². The molecule has 2 fully saturated rings. The molecule has 2 aromatic carbocycles. The minimum atomic E-state index is -0.135. The topological polar surface area (TPSA) is 76.2 Å². The van der Waals surface area contributed by atoms with Gasteiger partial charge in [-0.25, -0.2) is 4.98 Å². The molecule has 6 rings (SSSR count). The number of benzene rings is 2. The lowest BCUT2D eigenvalue weighted by Gasteiger charge is -2.57. The molecule has 7 heteroatoms. The summed E-state index contributed by atoms with van der Waals surface area (Å²) in [7, 11) is 0. The van der Waals surface area contributed by atoms with E-state index in [-0.39, 0.29) is 17.7 Å². The molecule has 3 heterocycles. The SMILES string of the molecule is CC(C)(C)c1cc(NC(=O)Cc2ccc(-n3cnc4cc(N5CC6(CCC6)C5)ccc43)cc2)on1. The number of nitrogens with zero attached hydrogens (tertiary/aromatic N) is 4. The third kappa shape index (κ3) is 4.09. The number of amides is 1. The molecule has 1 spiro atoms. The van der Waals surface area contributed by atoms with Crippen LogP contribution >= 0.6 is 0 Å². The Kier molecular flexibility index (Phi) is 4.99. The van der Waals surface area contributed by atoms with E-state index in [1.165, 1.54) is 38.0 Å². The summed E-state index contributed by atoms with van der Waals surface area (Å²) in [5.41, 5.74) is 6.59. The fourth-order valence-electron chi connectivity index (χ4n) is 5.17. The maximum atomic E-state index is 12.5. The zero-order valence-electron chi connectivity index (χ0n) is 20.5. The highest BCUT2D eigenvalue weighted by Crippen LogP contribution is 2.49. The van der Waals surface area contributed by atoms with Crippen molar-refractivity contribution in [3.8, 4) is 5.69 Å². The molecule has 35 heavy (non-hydrogen) atoms. The summed E-state index contributed by atoms with van der Waals surface area (Å²) in [6.07, 6.45) is 6.29. The van der Waals surface area contributed by atoms with Gasteiger partial charge in [0, 0.05) is 41.4 Å². The standard InChI is InChI=1S/C28H31N5O2/c1-27(2,3)24-15-26(35-31-24)30-25(34)13-19-5-7-20(8-6-19)33-18-29-22-14-21(9-10-23(22)33)32-16-28(17-32)11-4-12-28/h5-10,14-15,18H,4,11-13,16-17H2,1-3H3,(H,30,34). The molecule has 1 amide bonds. The van der Waals surface area contributed by atoms with E-state index in [1.54, 1.807) is 6.07 Å². The second-order valence-corrected chi connectivity index (χ2v) is 11.2. The average molecular weight is 470 g/mol. The quantitative estimate of drug-likeness (QED) is 0.419. The van der Waals surface area contributed by atoms with Gasteiger partial charge in [0.2, 0.25) is 11.8 Å². The number of anilines is 2. The van der Waals surface area contributed by atoms with Crippen LogP contribution in [0.5, 0.6) is 0 Å². The van der Waals surface area contributed by atoms with Crippen LogP contribution < -0.4 is 10.2 Å². The van der Waals surface area contributed by atoms with Crippen LogP contribution in [0, 0.1) is 5.41 Å². The van der Waals surface area contributed by atoms with E-state index in [9.17, 15) is 4.79 Å². The van der Waals surface area contributed by atoms with Crippen LogP contribution in [-0.4, -0.2) is 33.7 Å². The Bertz CT molecular complexity index is 1380. The fraction of sp³-hybridized carbons (Fsp3) is 0.393. The van der Waals surface area contributed by atoms with E-state index in [0.717, 1.165) is 28.0 Å². The van der Waals surface area contributed by atoms with Gasteiger partial charge in [-0.1, -0.05) is 44.5 Å². The number of aromatic nitrogens is 3. The first-order chi connectivity index (χ1) is 16.8. The predicted molar refractivity (Wildman–Crippen MR) is 137 cm³/mol. The molecule has 0 radical (unpaired) electrons. The lowest BCUT2D eigenvalue weighted by Crippen LogP contribution is -2.59. The van der Waals surface area contributed by atoms with Gasteiger partial charge in [-0.2, -0.15) is 0 Å². The number of hydrogen-bond acceptors (Lipinski definition) is 5. The first-order valence-corrected chi connectivity index (χ1v) is 12.4. The Balaban J connectivity index is 1.12. The van der Waals surface area contributed by atoms with Gasteiger partial charge in [-0.05, 0) is 48.7 Å². The monoisotopic (exact) mass is 469 g/mol. The highest BCUT2D eigenvalue weighted by atomic mass is 16.5. The van der Waals surface area contributed by atoms with E-state index in [2.05, 4.69) is 63.9 Å². The van der Waals surface area contributed by atoms with Gasteiger partial charge in [0.25, 0.3) is 0 Å². The molecule has 1 aliphatic heterocycles. The number of rotatable bonds is 5. The second-order valence-electron chi connectivity index (χ2n) is 11.2. The molecule has 0 bridgehead atoms. The summed E-state index contributed by atoms with van der Waals surface area (Å²) in [4.78, 5) is 19.6. The first-order valence-electron chi connectivity index (χ1n) is 12.4. The number of nitrogens with one attached hydrogen (secondary N) is 1. The van der Waals surface area contributed by atoms with Gasteiger partial charge in [0.1, 0.15) is 6.33 Å². The van der Waals surface area contributed by atoms with Crippen LogP contribution in [0.4, 0.5) is 11.6 Å².